The lowest BCUT2D eigenvalue weighted by Crippen LogP contribution is -2.48. The number of carbonyl (C=O) groups is 1. The summed E-state index contributed by atoms with van der Waals surface area (Å²) in [5, 5.41) is 10.0. The highest BCUT2D eigenvalue weighted by molar-refractivity contribution is 7.91. The Morgan fingerprint density at radius 1 is 1.20 bits per heavy atom. The standard InChI is InChI=1S/C21H24N2O6S/c1-20(2,25)9-11-23-17-8-7-15(30(26,27)18-6-3-4-10-22-18)14-16(17)21(19(23)24)28-12-5-13-29-21/h3-4,6-8,10,14,25H,5,9,11-13H2,1-2H3. The minimum atomic E-state index is -3.88. The molecule has 1 spiro atoms. The third kappa shape index (κ3) is 3.51. The van der Waals surface area contributed by atoms with E-state index in [4.69, 9.17) is 9.47 Å². The molecular formula is C21H24N2O6S. The zero-order valence-electron chi connectivity index (χ0n) is 16.9. The highest BCUT2D eigenvalue weighted by atomic mass is 32.2. The first-order valence-electron chi connectivity index (χ1n) is 9.78. The maximum Gasteiger partial charge on any atom is 0.292 e. The van der Waals surface area contributed by atoms with E-state index < -0.39 is 27.1 Å². The summed E-state index contributed by atoms with van der Waals surface area (Å²) in [5.41, 5.74) is -0.0849. The van der Waals surface area contributed by atoms with Gasteiger partial charge in [-0.05, 0) is 57.0 Å². The van der Waals surface area contributed by atoms with Crippen LogP contribution in [0.25, 0.3) is 0 Å². The lowest BCUT2D eigenvalue weighted by molar-refractivity contribution is -0.256. The van der Waals surface area contributed by atoms with Gasteiger partial charge >= 0.3 is 0 Å². The van der Waals surface area contributed by atoms with E-state index in [1.54, 1.807) is 32.0 Å². The molecule has 3 heterocycles. The van der Waals surface area contributed by atoms with Crippen LogP contribution < -0.4 is 4.90 Å². The van der Waals surface area contributed by atoms with Crippen LogP contribution >= 0.6 is 0 Å². The van der Waals surface area contributed by atoms with Crippen LogP contribution in [0.4, 0.5) is 5.69 Å². The average Bonchev–Trinajstić information content (AvgIpc) is 2.94. The molecule has 9 heteroatoms. The third-order valence-electron chi connectivity index (χ3n) is 5.21. The van der Waals surface area contributed by atoms with Crippen LogP contribution in [0.2, 0.25) is 0 Å². The van der Waals surface area contributed by atoms with Crippen LogP contribution in [0.15, 0.2) is 52.5 Å². The highest BCUT2D eigenvalue weighted by Gasteiger charge is 2.55. The number of ether oxygens (including phenoxy) is 2. The molecule has 1 aromatic carbocycles. The normalized spacial score (nSPS) is 18.6. The number of hydrogen-bond donors (Lipinski definition) is 1. The summed E-state index contributed by atoms with van der Waals surface area (Å²) >= 11 is 0. The molecule has 1 fully saturated rings. The Labute approximate surface area is 175 Å². The zero-order chi connectivity index (χ0) is 21.6. The second-order valence-corrected chi connectivity index (χ2v) is 9.93. The van der Waals surface area contributed by atoms with Crippen molar-refractivity contribution in [2.75, 3.05) is 24.7 Å². The predicted molar refractivity (Wildman–Crippen MR) is 108 cm³/mol. The number of fused-ring (bicyclic) bond motifs is 2. The van der Waals surface area contributed by atoms with Crippen molar-refractivity contribution in [3.63, 3.8) is 0 Å². The van der Waals surface area contributed by atoms with E-state index in [0.717, 1.165) is 0 Å². The maximum atomic E-state index is 13.3. The van der Waals surface area contributed by atoms with Gasteiger partial charge in [0.25, 0.3) is 11.7 Å². The fraction of sp³-hybridized carbons (Fsp3) is 0.429. The van der Waals surface area contributed by atoms with E-state index in [0.29, 0.717) is 37.3 Å². The molecule has 160 valence electrons. The Balaban J connectivity index is 1.80. The second kappa shape index (κ2) is 7.42. The largest absolute Gasteiger partial charge is 0.390 e. The van der Waals surface area contributed by atoms with Gasteiger partial charge in [-0.2, -0.15) is 0 Å². The molecule has 0 radical (unpaired) electrons. The topological polar surface area (TPSA) is 106 Å². The molecular weight excluding hydrogens is 408 g/mol. The first-order chi connectivity index (χ1) is 14.2. The van der Waals surface area contributed by atoms with Gasteiger partial charge in [-0.15, -0.1) is 0 Å². The number of pyridine rings is 1. The molecule has 1 aromatic heterocycles. The van der Waals surface area contributed by atoms with Crippen LogP contribution in [-0.2, 0) is 29.9 Å². The Kier molecular flexibility index (Phi) is 5.17. The molecule has 8 nitrogen and oxygen atoms in total. The lowest BCUT2D eigenvalue weighted by Gasteiger charge is -2.33. The monoisotopic (exact) mass is 432 g/mol. The van der Waals surface area contributed by atoms with E-state index in [1.165, 1.54) is 29.3 Å². The van der Waals surface area contributed by atoms with Crippen molar-refractivity contribution < 1.29 is 27.8 Å². The Morgan fingerprint density at radius 3 is 2.57 bits per heavy atom. The highest BCUT2D eigenvalue weighted by Crippen LogP contribution is 2.46. The van der Waals surface area contributed by atoms with Crippen LogP contribution in [0, 0.1) is 0 Å². The smallest absolute Gasteiger partial charge is 0.292 e. The van der Waals surface area contributed by atoms with E-state index in [-0.39, 0.29) is 16.5 Å². The molecule has 0 bridgehead atoms. The first-order valence-corrected chi connectivity index (χ1v) is 11.3. The van der Waals surface area contributed by atoms with Crippen molar-refractivity contribution in [3.05, 3.63) is 48.2 Å². The van der Waals surface area contributed by atoms with Crippen molar-refractivity contribution in [2.24, 2.45) is 0 Å². The fourth-order valence-corrected chi connectivity index (χ4v) is 4.85. The molecule has 2 aliphatic heterocycles. The summed E-state index contributed by atoms with van der Waals surface area (Å²) in [5.74, 6) is -2.07. The number of nitrogens with zero attached hydrogens (tertiary/aromatic N) is 2. The summed E-state index contributed by atoms with van der Waals surface area (Å²) in [6, 6.07) is 9.14. The molecule has 1 saturated heterocycles. The van der Waals surface area contributed by atoms with Gasteiger partial charge in [0.15, 0.2) is 5.03 Å². The number of aliphatic hydroxyl groups is 1. The van der Waals surface area contributed by atoms with Gasteiger partial charge < -0.3 is 19.5 Å². The fourth-order valence-electron chi connectivity index (χ4n) is 3.63. The summed E-state index contributed by atoms with van der Waals surface area (Å²) < 4.78 is 37.7. The Hall–Kier alpha value is -2.33. The van der Waals surface area contributed by atoms with E-state index in [2.05, 4.69) is 4.98 Å². The van der Waals surface area contributed by atoms with Gasteiger partial charge in [0.1, 0.15) is 0 Å². The van der Waals surface area contributed by atoms with Crippen molar-refractivity contribution in [1.82, 2.24) is 4.98 Å². The number of sulfone groups is 1. The van der Waals surface area contributed by atoms with E-state index in [1.807, 2.05) is 0 Å². The third-order valence-corrected chi connectivity index (χ3v) is 6.88. The molecule has 30 heavy (non-hydrogen) atoms. The average molecular weight is 432 g/mol. The SMILES string of the molecule is CC(C)(O)CCN1C(=O)C2(OCCCO2)c2cc(S(=O)(=O)c3ccccn3)ccc21. The van der Waals surface area contributed by atoms with Crippen molar-refractivity contribution in [2.45, 2.75) is 48.0 Å². The van der Waals surface area contributed by atoms with Gasteiger partial charge in [0.2, 0.25) is 9.84 Å². The molecule has 4 rings (SSSR count). The van der Waals surface area contributed by atoms with Gasteiger partial charge in [-0.1, -0.05) is 6.07 Å². The van der Waals surface area contributed by atoms with Gasteiger partial charge in [0, 0.05) is 18.3 Å². The van der Waals surface area contributed by atoms with Crippen molar-refractivity contribution in [3.8, 4) is 0 Å². The molecule has 2 aromatic rings. The number of benzene rings is 1. The number of carbonyl (C=O) groups excluding carboxylic acids is 1. The minimum Gasteiger partial charge on any atom is -0.390 e. The quantitative estimate of drug-likeness (QED) is 0.770. The van der Waals surface area contributed by atoms with Gasteiger partial charge in [0.05, 0.1) is 29.4 Å². The van der Waals surface area contributed by atoms with Gasteiger partial charge in [-0.3, -0.25) is 4.79 Å². The maximum absolute atomic E-state index is 13.3. The number of amides is 1. The number of rotatable bonds is 5. The summed E-state index contributed by atoms with van der Waals surface area (Å²) in [4.78, 5) is 18.8. The van der Waals surface area contributed by atoms with Gasteiger partial charge in [-0.25, -0.2) is 13.4 Å². The molecule has 1 N–H and O–H groups in total. The van der Waals surface area contributed by atoms with Crippen LogP contribution in [0.5, 0.6) is 0 Å². The molecule has 0 unspecified atom stereocenters. The number of hydrogen-bond acceptors (Lipinski definition) is 7. The number of anilines is 1. The number of aromatic nitrogens is 1. The Morgan fingerprint density at radius 2 is 1.93 bits per heavy atom. The lowest BCUT2D eigenvalue weighted by atomic mass is 10.1. The summed E-state index contributed by atoms with van der Waals surface area (Å²) in [6.07, 6.45) is 2.39. The molecule has 2 aliphatic rings. The molecule has 0 saturated carbocycles. The summed E-state index contributed by atoms with van der Waals surface area (Å²) in [6.45, 7) is 4.22. The minimum absolute atomic E-state index is 0.00855. The van der Waals surface area contributed by atoms with E-state index >= 15 is 0 Å². The molecule has 0 atom stereocenters. The van der Waals surface area contributed by atoms with Crippen LogP contribution in [0.3, 0.4) is 0 Å². The summed E-state index contributed by atoms with van der Waals surface area (Å²) in [7, 11) is -3.88. The van der Waals surface area contributed by atoms with Crippen molar-refractivity contribution in [1.29, 1.82) is 0 Å². The van der Waals surface area contributed by atoms with Crippen LogP contribution in [0.1, 0.15) is 32.3 Å². The van der Waals surface area contributed by atoms with Crippen LogP contribution in [-0.4, -0.2) is 49.8 Å². The Bertz CT molecular complexity index is 1060. The first kappa shape index (κ1) is 20.9. The molecule has 1 amide bonds. The zero-order valence-corrected chi connectivity index (χ0v) is 17.7. The predicted octanol–water partition coefficient (Wildman–Crippen LogP) is 2.01. The molecule has 0 aliphatic carbocycles. The second-order valence-electron chi connectivity index (χ2n) is 8.04. The van der Waals surface area contributed by atoms with Crippen molar-refractivity contribution >= 4 is 21.4 Å². The van der Waals surface area contributed by atoms with E-state index in [9.17, 15) is 18.3 Å².